The summed E-state index contributed by atoms with van der Waals surface area (Å²) in [5.74, 6) is -0.602. The maximum absolute atomic E-state index is 9.71. The van der Waals surface area contributed by atoms with Crippen molar-refractivity contribution in [3.8, 4) is 6.07 Å². The van der Waals surface area contributed by atoms with E-state index in [1.807, 2.05) is 24.3 Å². The van der Waals surface area contributed by atoms with Crippen LogP contribution in [-0.4, -0.2) is 24.8 Å². The Morgan fingerprint density at radius 3 is 2.29 bits per heavy atom. The van der Waals surface area contributed by atoms with Crippen LogP contribution in [0, 0.1) is 11.3 Å². The van der Waals surface area contributed by atoms with Gasteiger partial charge in [-0.15, -0.1) is 0 Å². The van der Waals surface area contributed by atoms with Gasteiger partial charge in [-0.25, -0.2) is 4.79 Å². The highest BCUT2D eigenvalue weighted by Crippen LogP contribution is 1.93. The molecule has 1 aromatic rings. The number of nitrogens with zero attached hydrogens (tertiary/aromatic N) is 1. The molecule has 0 aromatic heterocycles. The lowest BCUT2D eigenvalue weighted by Gasteiger charge is -1.86. The monoisotopic (exact) mass is 193 g/mol. The molecule has 0 saturated carbocycles. The number of benzene rings is 1. The molecule has 0 radical (unpaired) electrons. The molecule has 74 valence electrons. The number of carbonyl (C=O) groups excluding carboxylic acids is 1. The van der Waals surface area contributed by atoms with Crippen LogP contribution in [0.15, 0.2) is 30.3 Å². The Balaban J connectivity index is 0.000000255. The number of carbonyl (C=O) groups is 1. The number of nitriles is 1. The van der Waals surface area contributed by atoms with Crippen LogP contribution in [0.5, 0.6) is 0 Å². The van der Waals surface area contributed by atoms with E-state index in [0.29, 0.717) is 5.56 Å². The fourth-order valence-corrected chi connectivity index (χ4v) is 0.577. The summed E-state index contributed by atoms with van der Waals surface area (Å²) in [5.41, 5.74) is 0.715. The first kappa shape index (κ1) is 12.1. The maximum Gasteiger partial charge on any atom is 0.331 e. The summed E-state index contributed by atoms with van der Waals surface area (Å²) in [4.78, 5) is 9.71. The molecule has 1 aromatic carbocycles. The van der Waals surface area contributed by atoms with Crippen LogP contribution in [0.2, 0.25) is 0 Å². The maximum atomic E-state index is 9.71. The van der Waals surface area contributed by atoms with Gasteiger partial charge < -0.3 is 9.84 Å². The minimum absolute atomic E-state index is 0.531. The van der Waals surface area contributed by atoms with Crippen LogP contribution in [0.1, 0.15) is 5.56 Å². The number of esters is 1. The van der Waals surface area contributed by atoms with E-state index in [9.17, 15) is 4.79 Å². The lowest BCUT2D eigenvalue weighted by molar-refractivity contribution is -0.143. The molecule has 1 rings (SSSR count). The second-order valence-corrected chi connectivity index (χ2v) is 2.21. The molecule has 0 atom stereocenters. The second kappa shape index (κ2) is 7.77. The standard InChI is InChI=1S/C7H5N.C3H6O3/c8-6-7-4-2-1-3-5-7;1-6-3(5)2-4/h1-5H;4H,2H2,1H3. The molecule has 14 heavy (non-hydrogen) atoms. The van der Waals surface area contributed by atoms with Crippen LogP contribution in [0.25, 0.3) is 0 Å². The zero-order valence-corrected chi connectivity index (χ0v) is 7.80. The highest BCUT2D eigenvalue weighted by molar-refractivity contribution is 5.70. The van der Waals surface area contributed by atoms with Crippen molar-refractivity contribution in [1.82, 2.24) is 0 Å². The van der Waals surface area contributed by atoms with E-state index in [4.69, 9.17) is 10.4 Å². The van der Waals surface area contributed by atoms with Crippen molar-refractivity contribution in [3.05, 3.63) is 35.9 Å². The van der Waals surface area contributed by atoms with Crippen molar-refractivity contribution in [2.24, 2.45) is 0 Å². The Labute approximate surface area is 82.4 Å². The molecular formula is C10H11NO3. The third kappa shape index (κ3) is 5.75. The largest absolute Gasteiger partial charge is 0.467 e. The van der Waals surface area contributed by atoms with E-state index >= 15 is 0 Å². The summed E-state index contributed by atoms with van der Waals surface area (Å²) in [7, 11) is 1.22. The van der Waals surface area contributed by atoms with Crippen LogP contribution >= 0.6 is 0 Å². The Kier molecular flexibility index (Phi) is 6.74. The van der Waals surface area contributed by atoms with E-state index in [1.54, 1.807) is 12.1 Å². The first-order valence-corrected chi connectivity index (χ1v) is 3.87. The number of aliphatic hydroxyl groups is 1. The number of hydrogen-bond acceptors (Lipinski definition) is 4. The zero-order chi connectivity index (χ0) is 10.8. The predicted molar refractivity (Wildman–Crippen MR) is 50.3 cm³/mol. The van der Waals surface area contributed by atoms with Crippen LogP contribution < -0.4 is 0 Å². The summed E-state index contributed by atoms with van der Waals surface area (Å²) in [6.45, 7) is -0.531. The summed E-state index contributed by atoms with van der Waals surface area (Å²) < 4.78 is 4.01. The van der Waals surface area contributed by atoms with Gasteiger partial charge in [-0.05, 0) is 12.1 Å². The minimum atomic E-state index is -0.602. The molecule has 0 saturated heterocycles. The Morgan fingerprint density at radius 2 is 2.07 bits per heavy atom. The van der Waals surface area contributed by atoms with Crippen molar-refractivity contribution in [3.63, 3.8) is 0 Å². The Bertz CT molecular complexity index is 297. The summed E-state index contributed by atoms with van der Waals surface area (Å²) in [6, 6.07) is 11.2. The van der Waals surface area contributed by atoms with Crippen LogP contribution in [0.3, 0.4) is 0 Å². The molecule has 0 spiro atoms. The first-order valence-electron chi connectivity index (χ1n) is 3.87. The van der Waals surface area contributed by atoms with Gasteiger partial charge in [-0.1, -0.05) is 18.2 Å². The zero-order valence-electron chi connectivity index (χ0n) is 7.80. The average molecular weight is 193 g/mol. The number of rotatable bonds is 1. The number of ether oxygens (including phenoxy) is 1. The predicted octanol–water partition coefficient (Wildman–Crippen LogP) is 0.710. The van der Waals surface area contributed by atoms with Crippen molar-refractivity contribution in [2.75, 3.05) is 13.7 Å². The highest BCUT2D eigenvalue weighted by Gasteiger charge is 1.89. The molecule has 0 aliphatic heterocycles. The molecule has 4 heteroatoms. The molecule has 0 fully saturated rings. The molecular weight excluding hydrogens is 182 g/mol. The van der Waals surface area contributed by atoms with Crippen molar-refractivity contribution in [1.29, 1.82) is 5.26 Å². The van der Waals surface area contributed by atoms with Crippen molar-refractivity contribution in [2.45, 2.75) is 0 Å². The lowest BCUT2D eigenvalue weighted by atomic mass is 10.2. The van der Waals surface area contributed by atoms with Gasteiger partial charge in [0.25, 0.3) is 0 Å². The molecule has 0 aliphatic rings. The van der Waals surface area contributed by atoms with Gasteiger partial charge in [0.15, 0.2) is 0 Å². The molecule has 0 unspecified atom stereocenters. The number of methoxy groups -OCH3 is 1. The quantitative estimate of drug-likeness (QED) is 0.667. The topological polar surface area (TPSA) is 70.3 Å². The fraction of sp³-hybridized carbons (Fsp3) is 0.200. The second-order valence-electron chi connectivity index (χ2n) is 2.21. The normalized spacial score (nSPS) is 7.79. The molecule has 4 nitrogen and oxygen atoms in total. The fourth-order valence-electron chi connectivity index (χ4n) is 0.577. The summed E-state index contributed by atoms with van der Waals surface area (Å²) in [6.07, 6.45) is 0. The van der Waals surface area contributed by atoms with Crippen molar-refractivity contribution < 1.29 is 14.6 Å². The minimum Gasteiger partial charge on any atom is -0.467 e. The van der Waals surface area contributed by atoms with Gasteiger partial charge in [0.1, 0.15) is 6.61 Å². The third-order valence-corrected chi connectivity index (χ3v) is 1.26. The molecule has 0 heterocycles. The van der Waals surface area contributed by atoms with Gasteiger partial charge in [-0.2, -0.15) is 5.26 Å². The summed E-state index contributed by atoms with van der Waals surface area (Å²) in [5, 5.41) is 16.1. The van der Waals surface area contributed by atoms with E-state index in [1.165, 1.54) is 7.11 Å². The van der Waals surface area contributed by atoms with E-state index in [2.05, 4.69) is 4.74 Å². The van der Waals surface area contributed by atoms with E-state index < -0.39 is 12.6 Å². The van der Waals surface area contributed by atoms with Crippen LogP contribution in [-0.2, 0) is 9.53 Å². The number of aliphatic hydroxyl groups excluding tert-OH is 1. The van der Waals surface area contributed by atoms with Gasteiger partial charge in [0.2, 0.25) is 0 Å². The Morgan fingerprint density at radius 1 is 1.50 bits per heavy atom. The molecule has 0 amide bonds. The Hall–Kier alpha value is -1.86. The molecule has 1 N–H and O–H groups in total. The third-order valence-electron chi connectivity index (χ3n) is 1.26. The van der Waals surface area contributed by atoms with Gasteiger partial charge in [0, 0.05) is 0 Å². The average Bonchev–Trinajstić information content (AvgIpc) is 2.30. The van der Waals surface area contributed by atoms with Crippen LogP contribution in [0.4, 0.5) is 0 Å². The van der Waals surface area contributed by atoms with Gasteiger partial charge in [-0.3, -0.25) is 0 Å². The lowest BCUT2D eigenvalue weighted by Crippen LogP contribution is -2.04. The SMILES string of the molecule is COC(=O)CO.N#Cc1ccccc1. The molecule has 0 bridgehead atoms. The van der Waals surface area contributed by atoms with Gasteiger partial charge in [0.05, 0.1) is 18.7 Å². The summed E-state index contributed by atoms with van der Waals surface area (Å²) >= 11 is 0. The van der Waals surface area contributed by atoms with E-state index in [0.717, 1.165) is 0 Å². The number of hydrogen-bond donors (Lipinski definition) is 1. The molecule has 0 aliphatic carbocycles. The van der Waals surface area contributed by atoms with E-state index in [-0.39, 0.29) is 0 Å². The van der Waals surface area contributed by atoms with Crippen molar-refractivity contribution >= 4 is 5.97 Å². The van der Waals surface area contributed by atoms with Gasteiger partial charge >= 0.3 is 5.97 Å². The smallest absolute Gasteiger partial charge is 0.331 e. The first-order chi connectivity index (χ1) is 6.74. The highest BCUT2D eigenvalue weighted by atomic mass is 16.5.